The first-order valence-corrected chi connectivity index (χ1v) is 11.8. The Morgan fingerprint density at radius 3 is 1.76 bits per heavy atom. The largest absolute Gasteiger partial charge is 0.429 e. The van der Waals surface area contributed by atoms with Crippen LogP contribution in [0.3, 0.4) is 0 Å². The molecule has 2 aromatic rings. The van der Waals surface area contributed by atoms with Gasteiger partial charge in [0.25, 0.3) is 0 Å². The average molecular weight is 451 g/mol. The molecule has 0 saturated carbocycles. The van der Waals surface area contributed by atoms with Crippen molar-refractivity contribution >= 4 is 17.5 Å². The van der Waals surface area contributed by atoms with E-state index >= 15 is 0 Å². The molecule has 2 fully saturated rings. The van der Waals surface area contributed by atoms with Crippen molar-refractivity contribution in [2.24, 2.45) is 0 Å². The van der Waals surface area contributed by atoms with Gasteiger partial charge in [0.15, 0.2) is 0 Å². The molecule has 0 spiro atoms. The molecule has 0 atom stereocenters. The number of morpholine rings is 2. The fraction of sp³-hybridized carbons (Fsp3) is 0.480. The van der Waals surface area contributed by atoms with Crippen LogP contribution in [0, 0.1) is 0 Å². The van der Waals surface area contributed by atoms with Crippen molar-refractivity contribution in [3.8, 4) is 0 Å². The quantitative estimate of drug-likeness (QED) is 0.713. The van der Waals surface area contributed by atoms with Crippen LogP contribution in [0.2, 0.25) is 0 Å². The van der Waals surface area contributed by atoms with Gasteiger partial charge >= 0.3 is 6.09 Å². The molecule has 4 aliphatic heterocycles. The minimum absolute atomic E-state index is 0.277. The van der Waals surface area contributed by atoms with Gasteiger partial charge < -0.3 is 24.1 Å². The van der Waals surface area contributed by atoms with E-state index in [-0.39, 0.29) is 6.09 Å². The number of ether oxygens (including phenoxy) is 2. The molecule has 1 amide bonds. The Bertz CT molecular complexity index is 1030. The summed E-state index contributed by atoms with van der Waals surface area (Å²) in [5.74, 6) is 0. The summed E-state index contributed by atoms with van der Waals surface area (Å²) in [5.41, 5.74) is 7.28. The molecule has 0 bridgehead atoms. The Morgan fingerprint density at radius 2 is 1.15 bits per heavy atom. The van der Waals surface area contributed by atoms with Crippen molar-refractivity contribution in [2.75, 3.05) is 62.4 Å². The van der Waals surface area contributed by atoms with Crippen molar-refractivity contribution < 1.29 is 19.1 Å². The second-order valence-electron chi connectivity index (χ2n) is 9.12. The molecule has 6 rings (SSSR count). The van der Waals surface area contributed by atoms with E-state index in [1.165, 1.54) is 33.6 Å². The smallest absolute Gasteiger partial charge is 0.378 e. The lowest BCUT2D eigenvalue weighted by Gasteiger charge is -2.29. The zero-order valence-electron chi connectivity index (χ0n) is 18.9. The number of anilines is 2. The SMILES string of the molecule is O=C(ON1Cc2ccc(N3CCOCC3)cc2C1)N1Cc2ccc(N3CCOCC3)cc2C1. The van der Waals surface area contributed by atoms with E-state index in [0.29, 0.717) is 26.2 Å². The second-order valence-corrected chi connectivity index (χ2v) is 9.12. The Kier molecular flexibility index (Phi) is 5.57. The van der Waals surface area contributed by atoms with E-state index in [9.17, 15) is 4.79 Å². The molecule has 0 aromatic heterocycles. The number of hydrogen-bond donors (Lipinski definition) is 0. The van der Waals surface area contributed by atoms with Gasteiger partial charge in [0.05, 0.1) is 39.5 Å². The minimum atomic E-state index is -0.277. The summed E-state index contributed by atoms with van der Waals surface area (Å²) in [6.45, 7) is 9.17. The lowest BCUT2D eigenvalue weighted by molar-refractivity contribution is -0.118. The zero-order chi connectivity index (χ0) is 22.2. The van der Waals surface area contributed by atoms with E-state index in [2.05, 4.69) is 46.2 Å². The summed E-state index contributed by atoms with van der Waals surface area (Å²) in [7, 11) is 0. The van der Waals surface area contributed by atoms with Crippen LogP contribution in [-0.4, -0.2) is 68.7 Å². The number of carbonyl (C=O) groups excluding carboxylic acids is 1. The summed E-state index contributed by atoms with van der Waals surface area (Å²) in [4.78, 5) is 25.2. The van der Waals surface area contributed by atoms with Gasteiger partial charge in [-0.05, 0) is 46.5 Å². The standard InChI is InChI=1S/C25H30N4O4/c30-25(28-15-19-1-3-23(13-21(19)16-28)26-5-9-31-10-6-26)33-29-17-20-2-4-24(14-22(20)18-29)27-7-11-32-12-8-27/h1-4,13-14H,5-12,15-18H2. The molecule has 0 unspecified atom stereocenters. The molecule has 0 N–H and O–H groups in total. The predicted octanol–water partition coefficient (Wildman–Crippen LogP) is 2.74. The first-order chi connectivity index (χ1) is 16.2. The van der Waals surface area contributed by atoms with Crippen molar-refractivity contribution in [3.63, 3.8) is 0 Å². The van der Waals surface area contributed by atoms with E-state index in [1.54, 1.807) is 9.96 Å². The van der Waals surface area contributed by atoms with E-state index in [0.717, 1.165) is 52.6 Å². The molecule has 4 heterocycles. The maximum atomic E-state index is 12.9. The van der Waals surface area contributed by atoms with E-state index < -0.39 is 0 Å². The molecular formula is C25H30N4O4. The highest BCUT2D eigenvalue weighted by molar-refractivity contribution is 5.69. The summed E-state index contributed by atoms with van der Waals surface area (Å²) in [6, 6.07) is 13.1. The first-order valence-electron chi connectivity index (χ1n) is 11.8. The Balaban J connectivity index is 1.07. The monoisotopic (exact) mass is 450 g/mol. The molecule has 2 aromatic carbocycles. The number of hydroxylamine groups is 2. The van der Waals surface area contributed by atoms with Gasteiger partial charge in [-0.25, -0.2) is 4.79 Å². The summed E-state index contributed by atoms with van der Waals surface area (Å²) < 4.78 is 10.9. The van der Waals surface area contributed by atoms with Crippen LogP contribution >= 0.6 is 0 Å². The summed E-state index contributed by atoms with van der Waals surface area (Å²) in [6.07, 6.45) is -0.277. The second kappa shape index (κ2) is 8.85. The van der Waals surface area contributed by atoms with Gasteiger partial charge in [-0.15, -0.1) is 5.06 Å². The highest BCUT2D eigenvalue weighted by atomic mass is 16.7. The fourth-order valence-corrected chi connectivity index (χ4v) is 5.13. The van der Waals surface area contributed by atoms with Crippen molar-refractivity contribution in [1.29, 1.82) is 0 Å². The number of amides is 1. The molecule has 8 nitrogen and oxygen atoms in total. The Labute approximate surface area is 194 Å². The van der Waals surface area contributed by atoms with Crippen LogP contribution in [0.25, 0.3) is 0 Å². The lowest BCUT2D eigenvalue weighted by Crippen LogP contribution is -2.36. The van der Waals surface area contributed by atoms with Gasteiger partial charge in [-0.1, -0.05) is 12.1 Å². The van der Waals surface area contributed by atoms with E-state index in [1.807, 2.05) is 0 Å². The number of carbonyl (C=O) groups is 1. The minimum Gasteiger partial charge on any atom is -0.378 e. The molecule has 174 valence electrons. The van der Waals surface area contributed by atoms with Crippen LogP contribution in [0.15, 0.2) is 36.4 Å². The van der Waals surface area contributed by atoms with Crippen molar-refractivity contribution in [2.45, 2.75) is 26.2 Å². The number of benzene rings is 2. The summed E-state index contributed by atoms with van der Waals surface area (Å²) in [5, 5.41) is 1.78. The topological polar surface area (TPSA) is 57.7 Å². The summed E-state index contributed by atoms with van der Waals surface area (Å²) >= 11 is 0. The zero-order valence-corrected chi connectivity index (χ0v) is 18.9. The van der Waals surface area contributed by atoms with Crippen molar-refractivity contribution in [1.82, 2.24) is 9.96 Å². The predicted molar refractivity (Wildman–Crippen MR) is 124 cm³/mol. The van der Waals surface area contributed by atoms with Crippen LogP contribution < -0.4 is 9.80 Å². The fourth-order valence-electron chi connectivity index (χ4n) is 5.13. The maximum absolute atomic E-state index is 12.9. The molecular weight excluding hydrogens is 420 g/mol. The molecule has 8 heteroatoms. The first kappa shape index (κ1) is 20.8. The molecule has 0 aliphatic carbocycles. The third-order valence-electron chi connectivity index (χ3n) is 7.01. The number of nitrogens with zero attached hydrogens (tertiary/aromatic N) is 4. The van der Waals surface area contributed by atoms with Crippen LogP contribution in [0.4, 0.5) is 16.2 Å². The third-order valence-corrected chi connectivity index (χ3v) is 7.01. The number of hydrogen-bond acceptors (Lipinski definition) is 7. The number of rotatable bonds is 3. The lowest BCUT2D eigenvalue weighted by atomic mass is 10.1. The molecule has 4 aliphatic rings. The average Bonchev–Trinajstić information content (AvgIpc) is 3.47. The third kappa shape index (κ3) is 4.26. The molecule has 0 radical (unpaired) electrons. The van der Waals surface area contributed by atoms with Gasteiger partial charge in [0.2, 0.25) is 0 Å². The molecule has 33 heavy (non-hydrogen) atoms. The van der Waals surface area contributed by atoms with Crippen LogP contribution in [-0.2, 0) is 40.5 Å². The van der Waals surface area contributed by atoms with Crippen molar-refractivity contribution in [3.05, 3.63) is 58.7 Å². The highest BCUT2D eigenvalue weighted by Crippen LogP contribution is 2.31. The van der Waals surface area contributed by atoms with Gasteiger partial charge in [0, 0.05) is 50.6 Å². The number of fused-ring (bicyclic) bond motifs is 2. The van der Waals surface area contributed by atoms with E-state index in [4.69, 9.17) is 14.3 Å². The normalized spacial score (nSPS) is 20.7. The van der Waals surface area contributed by atoms with Gasteiger partial charge in [0.1, 0.15) is 0 Å². The van der Waals surface area contributed by atoms with Crippen LogP contribution in [0.1, 0.15) is 22.3 Å². The highest BCUT2D eigenvalue weighted by Gasteiger charge is 2.30. The Morgan fingerprint density at radius 1 is 0.667 bits per heavy atom. The maximum Gasteiger partial charge on any atom is 0.429 e. The van der Waals surface area contributed by atoms with Crippen LogP contribution in [0.5, 0.6) is 0 Å². The van der Waals surface area contributed by atoms with Gasteiger partial charge in [-0.2, -0.15) is 0 Å². The van der Waals surface area contributed by atoms with Gasteiger partial charge in [-0.3, -0.25) is 4.90 Å². The molecule has 2 saturated heterocycles. The Hall–Kier alpha value is -2.81.